The van der Waals surface area contributed by atoms with E-state index < -0.39 is 17.2 Å². The molecule has 0 spiro atoms. The van der Waals surface area contributed by atoms with Gasteiger partial charge in [-0.15, -0.1) is 0 Å². The maximum absolute atomic E-state index is 12.0. The number of hydrogen-bond donors (Lipinski definition) is 3. The number of para-hydroxylation sites is 1. The topological polar surface area (TPSA) is 89.3 Å². The number of carbonyl (C=O) groups is 1. The SMILES string of the molecule is CC.CC(C)(CNc1c(N)cnc2ccccc12)NC(=O)OC(C)(C)C. The highest BCUT2D eigenvalue weighted by atomic mass is 16.6. The lowest BCUT2D eigenvalue weighted by Crippen LogP contribution is -2.50. The molecule has 0 saturated carbocycles. The van der Waals surface area contributed by atoms with Crippen molar-refractivity contribution in [2.45, 2.75) is 59.6 Å². The van der Waals surface area contributed by atoms with Gasteiger partial charge < -0.3 is 21.1 Å². The molecule has 1 amide bonds. The minimum absolute atomic E-state index is 0.443. The van der Waals surface area contributed by atoms with Crippen LogP contribution in [0, 0.1) is 0 Å². The van der Waals surface area contributed by atoms with Gasteiger partial charge >= 0.3 is 6.09 Å². The molecule has 4 N–H and O–H groups in total. The number of nitrogens with zero attached hydrogens (tertiary/aromatic N) is 1. The first-order valence-corrected chi connectivity index (χ1v) is 8.96. The van der Waals surface area contributed by atoms with Crippen molar-refractivity contribution < 1.29 is 9.53 Å². The minimum Gasteiger partial charge on any atom is -0.444 e. The number of amides is 1. The van der Waals surface area contributed by atoms with Crippen molar-refractivity contribution in [3.63, 3.8) is 0 Å². The summed E-state index contributed by atoms with van der Waals surface area (Å²) in [4.78, 5) is 16.3. The molecule has 2 aromatic rings. The van der Waals surface area contributed by atoms with Crippen molar-refractivity contribution in [3.05, 3.63) is 30.5 Å². The van der Waals surface area contributed by atoms with Gasteiger partial charge in [0, 0.05) is 11.9 Å². The van der Waals surface area contributed by atoms with Crippen LogP contribution in [0.4, 0.5) is 16.2 Å². The van der Waals surface area contributed by atoms with Gasteiger partial charge in [-0.2, -0.15) is 0 Å². The molecule has 6 heteroatoms. The number of fused-ring (bicyclic) bond motifs is 1. The Morgan fingerprint density at radius 1 is 1.15 bits per heavy atom. The van der Waals surface area contributed by atoms with Crippen LogP contribution in [-0.2, 0) is 4.74 Å². The van der Waals surface area contributed by atoms with Crippen LogP contribution >= 0.6 is 0 Å². The van der Waals surface area contributed by atoms with Gasteiger partial charge in [-0.1, -0.05) is 32.0 Å². The molecule has 0 unspecified atom stereocenters. The fraction of sp³-hybridized carbons (Fsp3) is 0.500. The molecule has 1 heterocycles. The quantitative estimate of drug-likeness (QED) is 0.744. The molecule has 2 rings (SSSR count). The maximum atomic E-state index is 12.0. The van der Waals surface area contributed by atoms with Crippen LogP contribution in [0.1, 0.15) is 48.5 Å². The zero-order valence-electron chi connectivity index (χ0n) is 16.9. The fourth-order valence-corrected chi connectivity index (χ4v) is 2.29. The van der Waals surface area contributed by atoms with Crippen LogP contribution in [0.3, 0.4) is 0 Å². The first-order chi connectivity index (χ1) is 12.1. The van der Waals surface area contributed by atoms with Crippen molar-refractivity contribution in [1.29, 1.82) is 0 Å². The van der Waals surface area contributed by atoms with E-state index in [-0.39, 0.29) is 0 Å². The predicted octanol–water partition coefficient (Wildman–Crippen LogP) is 4.56. The molecular formula is C20H32N4O2. The fourth-order valence-electron chi connectivity index (χ4n) is 2.29. The molecule has 0 radical (unpaired) electrons. The predicted molar refractivity (Wildman–Crippen MR) is 109 cm³/mol. The summed E-state index contributed by atoms with van der Waals surface area (Å²) in [6.45, 7) is 13.8. The van der Waals surface area contributed by atoms with Gasteiger partial charge in [0.15, 0.2) is 0 Å². The lowest BCUT2D eigenvalue weighted by Gasteiger charge is -2.29. The highest BCUT2D eigenvalue weighted by molar-refractivity contribution is 5.96. The Morgan fingerprint density at radius 3 is 2.38 bits per heavy atom. The number of nitrogens with one attached hydrogen (secondary N) is 2. The Labute approximate surface area is 156 Å². The van der Waals surface area contributed by atoms with Gasteiger partial charge in [-0.3, -0.25) is 4.98 Å². The number of nitrogen functional groups attached to an aromatic ring is 1. The second kappa shape index (κ2) is 8.74. The summed E-state index contributed by atoms with van der Waals surface area (Å²) >= 11 is 0. The van der Waals surface area contributed by atoms with Crippen LogP contribution in [-0.4, -0.2) is 28.8 Å². The largest absolute Gasteiger partial charge is 0.444 e. The second-order valence-electron chi connectivity index (χ2n) is 7.47. The van der Waals surface area contributed by atoms with Crippen LogP contribution in [0.25, 0.3) is 10.9 Å². The van der Waals surface area contributed by atoms with E-state index in [0.717, 1.165) is 16.6 Å². The van der Waals surface area contributed by atoms with Crippen molar-refractivity contribution in [1.82, 2.24) is 10.3 Å². The molecular weight excluding hydrogens is 328 g/mol. The molecule has 1 aromatic heterocycles. The molecule has 0 atom stereocenters. The number of anilines is 2. The number of rotatable bonds is 4. The average Bonchev–Trinajstić information content (AvgIpc) is 2.53. The Bertz CT molecular complexity index is 736. The number of benzene rings is 1. The van der Waals surface area contributed by atoms with Crippen molar-refractivity contribution in [3.8, 4) is 0 Å². The van der Waals surface area contributed by atoms with Crippen LogP contribution in [0.15, 0.2) is 30.5 Å². The van der Waals surface area contributed by atoms with Crippen molar-refractivity contribution in [2.24, 2.45) is 0 Å². The molecule has 0 aliphatic carbocycles. The number of carbonyl (C=O) groups excluding carboxylic acids is 1. The lowest BCUT2D eigenvalue weighted by molar-refractivity contribution is 0.0478. The van der Waals surface area contributed by atoms with E-state index in [1.807, 2.05) is 72.7 Å². The molecule has 0 aliphatic rings. The third-order valence-electron chi connectivity index (χ3n) is 3.35. The summed E-state index contributed by atoms with van der Waals surface area (Å²) in [6, 6.07) is 7.78. The number of hydrogen-bond acceptors (Lipinski definition) is 5. The van der Waals surface area contributed by atoms with E-state index in [1.54, 1.807) is 6.20 Å². The zero-order valence-corrected chi connectivity index (χ0v) is 16.9. The van der Waals surface area contributed by atoms with E-state index in [4.69, 9.17) is 10.5 Å². The van der Waals surface area contributed by atoms with Crippen LogP contribution in [0.2, 0.25) is 0 Å². The van der Waals surface area contributed by atoms with Gasteiger partial charge in [-0.05, 0) is 40.7 Å². The maximum Gasteiger partial charge on any atom is 0.408 e. The van der Waals surface area contributed by atoms with E-state index in [0.29, 0.717) is 12.2 Å². The van der Waals surface area contributed by atoms with Gasteiger partial charge in [-0.25, -0.2) is 4.79 Å². The summed E-state index contributed by atoms with van der Waals surface area (Å²) in [7, 11) is 0. The summed E-state index contributed by atoms with van der Waals surface area (Å²) in [5.41, 5.74) is 7.28. The smallest absolute Gasteiger partial charge is 0.408 e. The van der Waals surface area contributed by atoms with E-state index in [9.17, 15) is 4.79 Å². The number of alkyl carbamates (subject to hydrolysis) is 1. The molecule has 1 aromatic carbocycles. The van der Waals surface area contributed by atoms with E-state index >= 15 is 0 Å². The molecule has 26 heavy (non-hydrogen) atoms. The van der Waals surface area contributed by atoms with Crippen LogP contribution in [0.5, 0.6) is 0 Å². The molecule has 0 fully saturated rings. The number of pyridine rings is 1. The van der Waals surface area contributed by atoms with E-state index in [2.05, 4.69) is 15.6 Å². The molecule has 0 bridgehead atoms. The molecule has 0 aliphatic heterocycles. The highest BCUT2D eigenvalue weighted by Crippen LogP contribution is 2.27. The molecule has 0 saturated heterocycles. The van der Waals surface area contributed by atoms with Gasteiger partial charge in [0.1, 0.15) is 5.60 Å². The standard InChI is InChI=1S/C18H26N4O2.C2H6/c1-17(2,3)24-16(23)22-18(4,5)11-21-15-12-8-6-7-9-14(12)20-10-13(15)19;1-2/h6-10H,11,19H2,1-5H3,(H,20,21)(H,22,23);1-2H3. The average molecular weight is 361 g/mol. The van der Waals surface area contributed by atoms with Crippen molar-refractivity contribution in [2.75, 3.05) is 17.6 Å². The first kappa shape index (κ1) is 21.5. The number of aromatic nitrogens is 1. The Morgan fingerprint density at radius 2 is 1.77 bits per heavy atom. The molecule has 6 nitrogen and oxygen atoms in total. The third-order valence-corrected chi connectivity index (χ3v) is 3.35. The summed E-state index contributed by atoms with van der Waals surface area (Å²) < 4.78 is 5.31. The number of ether oxygens (including phenoxy) is 1. The summed E-state index contributed by atoms with van der Waals surface area (Å²) in [5, 5.41) is 7.15. The lowest BCUT2D eigenvalue weighted by atomic mass is 10.1. The summed E-state index contributed by atoms with van der Waals surface area (Å²) in [6.07, 6.45) is 1.20. The van der Waals surface area contributed by atoms with Gasteiger partial charge in [0.05, 0.1) is 28.6 Å². The van der Waals surface area contributed by atoms with Crippen LogP contribution < -0.4 is 16.4 Å². The number of nitrogens with two attached hydrogens (primary N) is 1. The zero-order chi connectivity index (χ0) is 20.0. The minimum atomic E-state index is -0.528. The highest BCUT2D eigenvalue weighted by Gasteiger charge is 2.24. The first-order valence-electron chi connectivity index (χ1n) is 8.96. The van der Waals surface area contributed by atoms with Gasteiger partial charge in [0.2, 0.25) is 0 Å². The monoisotopic (exact) mass is 360 g/mol. The Balaban J connectivity index is 0.00000163. The van der Waals surface area contributed by atoms with Crippen molar-refractivity contribution >= 4 is 28.4 Å². The molecule has 144 valence electrons. The summed E-state index contributed by atoms with van der Waals surface area (Å²) in [5.74, 6) is 0. The Hall–Kier alpha value is -2.50. The normalized spacial score (nSPS) is 11.3. The second-order valence-corrected chi connectivity index (χ2v) is 7.47. The third kappa shape index (κ3) is 6.43. The van der Waals surface area contributed by atoms with Gasteiger partial charge in [0.25, 0.3) is 0 Å². The Kier molecular flexibility index (Phi) is 7.24. The van der Waals surface area contributed by atoms with E-state index in [1.165, 1.54) is 0 Å².